The zero-order valence-electron chi connectivity index (χ0n) is 4.49. The molecule has 0 spiro atoms. The van der Waals surface area contributed by atoms with E-state index in [0.717, 1.165) is 12.1 Å². The molecule has 0 radical (unpaired) electrons. The van der Waals surface area contributed by atoms with E-state index < -0.39 is 9.13 Å². The predicted molar refractivity (Wildman–Crippen MR) is 31.7 cm³/mol. The third kappa shape index (κ3) is 1.59. The first-order valence-corrected chi connectivity index (χ1v) is 5.10. The molecule has 0 aromatic carbocycles. The summed E-state index contributed by atoms with van der Waals surface area (Å²) in [7, 11) is -1.59. The quantitative estimate of drug-likeness (QED) is 0.336. The average molecular weight is 118 g/mol. The van der Waals surface area contributed by atoms with Gasteiger partial charge in [-0.15, -0.1) is 0 Å². The van der Waals surface area contributed by atoms with Crippen molar-refractivity contribution in [3.8, 4) is 0 Å². The molecular formula is C5H11FSi. The molecule has 0 aromatic rings. The second-order valence-electron chi connectivity index (χ2n) is 2.24. The fourth-order valence-electron chi connectivity index (χ4n) is 1.05. The van der Waals surface area contributed by atoms with E-state index in [2.05, 4.69) is 0 Å². The summed E-state index contributed by atoms with van der Waals surface area (Å²) in [5.74, 6) is 0. The zero-order valence-corrected chi connectivity index (χ0v) is 5.65. The molecule has 0 N–H and O–H groups in total. The van der Waals surface area contributed by atoms with Gasteiger partial charge in [0.25, 0.3) is 0 Å². The minimum atomic E-state index is -1.59. The van der Waals surface area contributed by atoms with Gasteiger partial charge in [0, 0.05) is 0 Å². The van der Waals surface area contributed by atoms with Gasteiger partial charge in [0.2, 0.25) is 9.13 Å². The van der Waals surface area contributed by atoms with Crippen LogP contribution in [0.5, 0.6) is 0 Å². The Hall–Kier alpha value is 0.147. The largest absolute Gasteiger partial charge is 0.318 e. The lowest BCUT2D eigenvalue weighted by Crippen LogP contribution is -2.08. The number of hydrogen-bond acceptors (Lipinski definition) is 0. The molecule has 1 aliphatic heterocycles. The van der Waals surface area contributed by atoms with Crippen LogP contribution in [0.4, 0.5) is 4.11 Å². The minimum absolute atomic E-state index is 0.958. The molecule has 1 heterocycles. The maximum atomic E-state index is 12.3. The van der Waals surface area contributed by atoms with Crippen molar-refractivity contribution in [1.82, 2.24) is 0 Å². The Morgan fingerprint density at radius 3 is 1.86 bits per heavy atom. The summed E-state index contributed by atoms with van der Waals surface area (Å²) >= 11 is 0. The monoisotopic (exact) mass is 118 g/mol. The summed E-state index contributed by atoms with van der Waals surface area (Å²) in [5, 5.41) is 0. The summed E-state index contributed by atoms with van der Waals surface area (Å²) in [6.07, 6.45) is 3.63. The molecule has 0 amide bonds. The van der Waals surface area contributed by atoms with Gasteiger partial charge in [0.15, 0.2) is 0 Å². The van der Waals surface area contributed by atoms with Crippen LogP contribution in [0.25, 0.3) is 0 Å². The van der Waals surface area contributed by atoms with Gasteiger partial charge >= 0.3 is 0 Å². The van der Waals surface area contributed by atoms with E-state index >= 15 is 0 Å². The van der Waals surface area contributed by atoms with Crippen LogP contribution in [0.2, 0.25) is 12.1 Å². The van der Waals surface area contributed by atoms with Gasteiger partial charge in [-0.25, -0.2) is 0 Å². The van der Waals surface area contributed by atoms with Crippen molar-refractivity contribution in [3.63, 3.8) is 0 Å². The van der Waals surface area contributed by atoms with E-state index in [9.17, 15) is 4.11 Å². The molecule has 1 saturated heterocycles. The Morgan fingerprint density at radius 1 is 1.00 bits per heavy atom. The molecule has 0 bridgehead atoms. The molecule has 0 atom stereocenters. The highest BCUT2D eigenvalue weighted by Crippen LogP contribution is 2.18. The fraction of sp³-hybridized carbons (Fsp3) is 1.00. The van der Waals surface area contributed by atoms with Crippen molar-refractivity contribution in [1.29, 1.82) is 0 Å². The summed E-state index contributed by atoms with van der Waals surface area (Å²) < 4.78 is 12.3. The first-order valence-electron chi connectivity index (χ1n) is 3.03. The van der Waals surface area contributed by atoms with E-state index in [1.807, 2.05) is 0 Å². The Balaban J connectivity index is 2.12. The van der Waals surface area contributed by atoms with Crippen LogP contribution in [0.15, 0.2) is 0 Å². The van der Waals surface area contributed by atoms with E-state index in [1.54, 1.807) is 0 Å². The first kappa shape index (κ1) is 5.29. The van der Waals surface area contributed by atoms with Crippen LogP contribution in [-0.2, 0) is 0 Å². The Bertz CT molecular complexity index is 50.0. The topological polar surface area (TPSA) is 0 Å². The van der Waals surface area contributed by atoms with Crippen molar-refractivity contribution >= 4 is 9.13 Å². The molecule has 0 saturated carbocycles. The van der Waals surface area contributed by atoms with E-state index in [-0.39, 0.29) is 0 Å². The SMILES string of the molecule is F[SiH]1CCCCC1. The second kappa shape index (κ2) is 2.45. The molecule has 0 unspecified atom stereocenters. The van der Waals surface area contributed by atoms with E-state index in [0.29, 0.717) is 0 Å². The number of rotatable bonds is 0. The summed E-state index contributed by atoms with van der Waals surface area (Å²) in [6.45, 7) is 0. The van der Waals surface area contributed by atoms with Crippen molar-refractivity contribution in [2.75, 3.05) is 0 Å². The molecule has 2 heteroatoms. The molecule has 42 valence electrons. The van der Waals surface area contributed by atoms with Gasteiger partial charge in [-0.3, -0.25) is 0 Å². The molecule has 1 aliphatic rings. The molecule has 0 nitrogen and oxygen atoms in total. The van der Waals surface area contributed by atoms with Crippen molar-refractivity contribution in [3.05, 3.63) is 0 Å². The van der Waals surface area contributed by atoms with Crippen LogP contribution >= 0.6 is 0 Å². The third-order valence-corrected chi connectivity index (χ3v) is 3.60. The second-order valence-corrected chi connectivity index (χ2v) is 4.58. The summed E-state index contributed by atoms with van der Waals surface area (Å²) in [6, 6.07) is 1.92. The van der Waals surface area contributed by atoms with E-state index in [1.165, 1.54) is 19.3 Å². The lowest BCUT2D eigenvalue weighted by atomic mass is 10.3. The fourth-order valence-corrected chi connectivity index (χ4v) is 2.80. The highest BCUT2D eigenvalue weighted by Gasteiger charge is 2.12. The van der Waals surface area contributed by atoms with E-state index in [4.69, 9.17) is 0 Å². The third-order valence-electron chi connectivity index (χ3n) is 1.53. The minimum Gasteiger partial charge on any atom is -0.318 e. The lowest BCUT2D eigenvalue weighted by molar-refractivity contribution is 0.664. The van der Waals surface area contributed by atoms with Gasteiger partial charge in [-0.2, -0.15) is 0 Å². The van der Waals surface area contributed by atoms with Crippen molar-refractivity contribution < 1.29 is 4.11 Å². The molecule has 1 fully saturated rings. The average Bonchev–Trinajstić information content (AvgIpc) is 1.69. The molecule has 0 aliphatic carbocycles. The van der Waals surface area contributed by atoms with Crippen molar-refractivity contribution in [2.45, 2.75) is 31.4 Å². The van der Waals surface area contributed by atoms with Crippen molar-refractivity contribution in [2.24, 2.45) is 0 Å². The first-order chi connectivity index (χ1) is 3.39. The Morgan fingerprint density at radius 2 is 1.57 bits per heavy atom. The van der Waals surface area contributed by atoms with Crippen LogP contribution in [-0.4, -0.2) is 9.13 Å². The lowest BCUT2D eigenvalue weighted by Gasteiger charge is -2.10. The van der Waals surface area contributed by atoms with Crippen LogP contribution < -0.4 is 0 Å². The highest BCUT2D eigenvalue weighted by atomic mass is 28.3. The normalized spacial score (nSPS) is 25.3. The molecule has 0 aromatic heterocycles. The Kier molecular flexibility index (Phi) is 1.85. The predicted octanol–water partition coefficient (Wildman–Crippen LogP) is 1.86. The van der Waals surface area contributed by atoms with Gasteiger partial charge in [-0.05, 0) is 12.1 Å². The maximum absolute atomic E-state index is 12.3. The smallest absolute Gasteiger partial charge is 0.231 e. The van der Waals surface area contributed by atoms with Crippen LogP contribution in [0.3, 0.4) is 0 Å². The maximum Gasteiger partial charge on any atom is 0.231 e. The van der Waals surface area contributed by atoms with Crippen LogP contribution in [0.1, 0.15) is 19.3 Å². The zero-order chi connectivity index (χ0) is 5.11. The van der Waals surface area contributed by atoms with Crippen LogP contribution in [0, 0.1) is 0 Å². The molecule has 1 rings (SSSR count). The number of halogens is 1. The number of hydrogen-bond donors (Lipinski definition) is 0. The summed E-state index contributed by atoms with van der Waals surface area (Å²) in [4.78, 5) is 0. The summed E-state index contributed by atoms with van der Waals surface area (Å²) in [5.41, 5.74) is 0. The van der Waals surface area contributed by atoms with Gasteiger partial charge in [0.1, 0.15) is 0 Å². The standard InChI is InChI=1S/C5H11FSi/c6-7-4-2-1-3-5-7/h7H,1-5H2. The van der Waals surface area contributed by atoms with Gasteiger partial charge in [-0.1, -0.05) is 19.3 Å². The molecular weight excluding hydrogens is 107 g/mol. The highest BCUT2D eigenvalue weighted by molar-refractivity contribution is 6.51. The van der Waals surface area contributed by atoms with Gasteiger partial charge < -0.3 is 4.11 Å². The Labute approximate surface area is 45.5 Å². The van der Waals surface area contributed by atoms with Gasteiger partial charge in [0.05, 0.1) is 0 Å². The molecule has 7 heavy (non-hydrogen) atoms.